The zero-order valence-corrected chi connectivity index (χ0v) is 10.2. The minimum atomic E-state index is 0.319. The first kappa shape index (κ1) is 11.6. The summed E-state index contributed by atoms with van der Waals surface area (Å²) in [5.74, 6) is 0.664. The van der Waals surface area contributed by atoms with Gasteiger partial charge in [0.1, 0.15) is 0 Å². The molecule has 1 aliphatic heterocycles. The van der Waals surface area contributed by atoms with Crippen LogP contribution in [0.25, 0.3) is 0 Å². The Morgan fingerprint density at radius 2 is 2.44 bits per heavy atom. The van der Waals surface area contributed by atoms with Gasteiger partial charge < -0.3 is 5.73 Å². The van der Waals surface area contributed by atoms with E-state index in [0.717, 1.165) is 13.1 Å². The van der Waals surface area contributed by atoms with E-state index < -0.39 is 0 Å². The highest BCUT2D eigenvalue weighted by Gasteiger charge is 2.25. The number of hydrogen-bond acceptors (Lipinski definition) is 3. The number of hydrogen-bond donors (Lipinski definition) is 1. The van der Waals surface area contributed by atoms with Crippen LogP contribution in [0.2, 0.25) is 0 Å². The third-order valence-electron chi connectivity index (χ3n) is 3.59. The van der Waals surface area contributed by atoms with Crippen molar-refractivity contribution in [1.82, 2.24) is 9.88 Å². The van der Waals surface area contributed by atoms with Gasteiger partial charge >= 0.3 is 0 Å². The zero-order chi connectivity index (χ0) is 11.5. The first-order valence-electron chi connectivity index (χ1n) is 6.04. The van der Waals surface area contributed by atoms with Crippen LogP contribution in [0.3, 0.4) is 0 Å². The number of nitrogens with two attached hydrogens (primary N) is 1. The van der Waals surface area contributed by atoms with Crippen LogP contribution < -0.4 is 5.73 Å². The van der Waals surface area contributed by atoms with E-state index in [1.54, 1.807) is 0 Å². The summed E-state index contributed by atoms with van der Waals surface area (Å²) < 4.78 is 0. The minimum Gasteiger partial charge on any atom is -0.328 e. The smallest absolute Gasteiger partial charge is 0.0315 e. The van der Waals surface area contributed by atoms with Gasteiger partial charge in [0, 0.05) is 31.5 Å². The molecule has 0 radical (unpaired) electrons. The van der Waals surface area contributed by atoms with Crippen LogP contribution in [0.5, 0.6) is 0 Å². The van der Waals surface area contributed by atoms with E-state index in [1.807, 2.05) is 12.4 Å². The highest BCUT2D eigenvalue weighted by atomic mass is 15.1. The monoisotopic (exact) mass is 219 g/mol. The maximum Gasteiger partial charge on any atom is 0.0315 e. The molecule has 3 heteroatoms. The number of aromatic nitrogens is 1. The summed E-state index contributed by atoms with van der Waals surface area (Å²) in [4.78, 5) is 6.67. The molecule has 1 aliphatic rings. The second-order valence-electron chi connectivity index (χ2n) is 4.95. The topological polar surface area (TPSA) is 42.2 Å². The van der Waals surface area contributed by atoms with Crippen LogP contribution in [0.15, 0.2) is 18.5 Å². The molecule has 3 nitrogen and oxygen atoms in total. The van der Waals surface area contributed by atoms with E-state index in [1.165, 1.54) is 24.1 Å². The van der Waals surface area contributed by atoms with Crippen LogP contribution in [0.4, 0.5) is 0 Å². The summed E-state index contributed by atoms with van der Waals surface area (Å²) in [5, 5.41) is 0. The van der Waals surface area contributed by atoms with Crippen LogP contribution in [0.1, 0.15) is 24.5 Å². The highest BCUT2D eigenvalue weighted by Crippen LogP contribution is 2.21. The van der Waals surface area contributed by atoms with E-state index in [2.05, 4.69) is 29.8 Å². The molecule has 2 unspecified atom stereocenters. The molecule has 2 rings (SSSR count). The van der Waals surface area contributed by atoms with Gasteiger partial charge in [-0.25, -0.2) is 0 Å². The summed E-state index contributed by atoms with van der Waals surface area (Å²) in [6.07, 6.45) is 5.07. The fraction of sp³-hybridized carbons (Fsp3) is 0.615. The molecule has 1 saturated heterocycles. The summed E-state index contributed by atoms with van der Waals surface area (Å²) in [6.45, 7) is 7.58. The van der Waals surface area contributed by atoms with Gasteiger partial charge in [-0.15, -0.1) is 0 Å². The number of aryl methyl sites for hydroxylation is 1. The lowest BCUT2D eigenvalue weighted by Gasteiger charge is -2.18. The van der Waals surface area contributed by atoms with E-state index in [-0.39, 0.29) is 0 Å². The van der Waals surface area contributed by atoms with Gasteiger partial charge in [0.15, 0.2) is 0 Å². The number of likely N-dealkylation sites (tertiary alicyclic amines) is 1. The van der Waals surface area contributed by atoms with Crippen molar-refractivity contribution in [1.29, 1.82) is 0 Å². The molecule has 0 aromatic carbocycles. The molecule has 0 bridgehead atoms. The van der Waals surface area contributed by atoms with Crippen molar-refractivity contribution in [2.45, 2.75) is 32.9 Å². The Labute approximate surface area is 97.7 Å². The largest absolute Gasteiger partial charge is 0.328 e. The van der Waals surface area contributed by atoms with Crippen molar-refractivity contribution in [3.8, 4) is 0 Å². The predicted molar refractivity (Wildman–Crippen MR) is 66.0 cm³/mol. The molecule has 88 valence electrons. The summed E-state index contributed by atoms with van der Waals surface area (Å²) >= 11 is 0. The average Bonchev–Trinajstić information content (AvgIpc) is 2.70. The average molecular weight is 219 g/mol. The molecule has 1 aromatic heterocycles. The Balaban J connectivity index is 1.95. The van der Waals surface area contributed by atoms with Crippen LogP contribution in [-0.2, 0) is 6.54 Å². The molecule has 1 aromatic rings. The molecule has 0 aliphatic carbocycles. The molecule has 2 atom stereocenters. The van der Waals surface area contributed by atoms with Gasteiger partial charge in [0.25, 0.3) is 0 Å². The Bertz CT molecular complexity index is 349. The number of nitrogens with zero attached hydrogens (tertiary/aromatic N) is 2. The molecule has 16 heavy (non-hydrogen) atoms. The fourth-order valence-electron chi connectivity index (χ4n) is 2.34. The standard InChI is InChI=1S/C13H21N3/c1-10-3-5-15-7-13(10)9-16-6-4-12(8-16)11(2)14/h3,5,7,11-12H,4,6,8-9,14H2,1-2H3. The third-order valence-corrected chi connectivity index (χ3v) is 3.59. The van der Waals surface area contributed by atoms with E-state index in [9.17, 15) is 0 Å². The van der Waals surface area contributed by atoms with Crippen LogP contribution in [-0.4, -0.2) is 29.0 Å². The van der Waals surface area contributed by atoms with Crippen LogP contribution >= 0.6 is 0 Å². The van der Waals surface area contributed by atoms with Gasteiger partial charge in [-0.1, -0.05) is 0 Å². The molecule has 2 heterocycles. The Morgan fingerprint density at radius 1 is 1.62 bits per heavy atom. The van der Waals surface area contributed by atoms with Gasteiger partial charge in [-0.2, -0.15) is 0 Å². The summed E-state index contributed by atoms with van der Waals surface area (Å²) in [5.41, 5.74) is 8.62. The van der Waals surface area contributed by atoms with Crippen molar-refractivity contribution < 1.29 is 0 Å². The summed E-state index contributed by atoms with van der Waals surface area (Å²) in [6, 6.07) is 2.40. The Morgan fingerprint density at radius 3 is 3.06 bits per heavy atom. The molecule has 0 spiro atoms. The molecule has 0 saturated carbocycles. The highest BCUT2D eigenvalue weighted by molar-refractivity contribution is 5.21. The molecular formula is C13H21N3. The summed E-state index contributed by atoms with van der Waals surface area (Å²) in [7, 11) is 0. The van der Waals surface area contributed by atoms with E-state index in [0.29, 0.717) is 12.0 Å². The normalized spacial score (nSPS) is 23.6. The minimum absolute atomic E-state index is 0.319. The lowest BCUT2D eigenvalue weighted by atomic mass is 10.0. The van der Waals surface area contributed by atoms with Gasteiger partial charge in [0.2, 0.25) is 0 Å². The maximum atomic E-state index is 5.94. The van der Waals surface area contributed by atoms with Crippen molar-refractivity contribution in [2.24, 2.45) is 11.7 Å². The molecule has 2 N–H and O–H groups in total. The maximum absolute atomic E-state index is 5.94. The SMILES string of the molecule is Cc1ccncc1CN1CCC(C(C)N)C1. The second-order valence-corrected chi connectivity index (χ2v) is 4.95. The quantitative estimate of drug-likeness (QED) is 0.839. The van der Waals surface area contributed by atoms with Crippen molar-refractivity contribution >= 4 is 0 Å². The number of pyridine rings is 1. The second kappa shape index (κ2) is 4.93. The molecule has 1 fully saturated rings. The zero-order valence-electron chi connectivity index (χ0n) is 10.2. The van der Waals surface area contributed by atoms with Gasteiger partial charge in [-0.3, -0.25) is 9.88 Å². The van der Waals surface area contributed by atoms with Crippen molar-refractivity contribution in [3.63, 3.8) is 0 Å². The van der Waals surface area contributed by atoms with Crippen LogP contribution in [0, 0.1) is 12.8 Å². The van der Waals surface area contributed by atoms with Crippen molar-refractivity contribution in [3.05, 3.63) is 29.6 Å². The number of rotatable bonds is 3. The first-order valence-corrected chi connectivity index (χ1v) is 6.04. The third kappa shape index (κ3) is 2.60. The molecule has 0 amide bonds. The lowest BCUT2D eigenvalue weighted by Crippen LogP contribution is -2.29. The van der Waals surface area contributed by atoms with E-state index >= 15 is 0 Å². The first-order chi connectivity index (χ1) is 7.66. The van der Waals surface area contributed by atoms with Crippen molar-refractivity contribution in [2.75, 3.05) is 13.1 Å². The Hall–Kier alpha value is -0.930. The Kier molecular flexibility index (Phi) is 3.56. The van der Waals surface area contributed by atoms with Gasteiger partial charge in [0.05, 0.1) is 0 Å². The van der Waals surface area contributed by atoms with Gasteiger partial charge in [-0.05, 0) is 49.9 Å². The molecular weight excluding hydrogens is 198 g/mol. The fourth-order valence-corrected chi connectivity index (χ4v) is 2.34. The van der Waals surface area contributed by atoms with E-state index in [4.69, 9.17) is 5.73 Å². The predicted octanol–water partition coefficient (Wildman–Crippen LogP) is 1.56. The lowest BCUT2D eigenvalue weighted by molar-refractivity contribution is 0.307.